The number of ether oxygens (including phenoxy) is 1. The van der Waals surface area contributed by atoms with Gasteiger partial charge in [-0.3, -0.25) is 4.21 Å². The summed E-state index contributed by atoms with van der Waals surface area (Å²) in [5, 5.41) is 0. The minimum Gasteiger partial charge on any atom is -0.372 e. The second-order valence-electron chi connectivity index (χ2n) is 4.74. The Morgan fingerprint density at radius 3 is 2.19 bits per heavy atom. The summed E-state index contributed by atoms with van der Waals surface area (Å²) in [6, 6.07) is 0. The standard InChI is InChI=1S/C13H26O2S/c1-2-3-4-5-6-7-8-9-10-16(14)12-13-11-15-13/h13H,2-12H2,1H3. The molecule has 2 nitrogen and oxygen atoms in total. The molecule has 0 aromatic carbocycles. The molecule has 1 heterocycles. The van der Waals surface area contributed by atoms with E-state index >= 15 is 0 Å². The van der Waals surface area contributed by atoms with Gasteiger partial charge in [0.15, 0.2) is 0 Å². The summed E-state index contributed by atoms with van der Waals surface area (Å²) in [4.78, 5) is 0. The molecule has 2 atom stereocenters. The molecule has 1 aliphatic rings. The highest BCUT2D eigenvalue weighted by molar-refractivity contribution is 7.85. The van der Waals surface area contributed by atoms with Crippen molar-refractivity contribution in [3.05, 3.63) is 0 Å². The van der Waals surface area contributed by atoms with Crippen LogP contribution in [0.25, 0.3) is 0 Å². The minimum atomic E-state index is -0.623. The summed E-state index contributed by atoms with van der Waals surface area (Å²) < 4.78 is 16.6. The predicted molar refractivity (Wildman–Crippen MR) is 70.2 cm³/mol. The van der Waals surface area contributed by atoms with E-state index in [1.807, 2.05) is 0 Å². The van der Waals surface area contributed by atoms with Crippen molar-refractivity contribution in [2.24, 2.45) is 0 Å². The molecule has 96 valence electrons. The first-order valence-corrected chi connectivity index (χ1v) is 8.28. The van der Waals surface area contributed by atoms with Crippen molar-refractivity contribution in [3.8, 4) is 0 Å². The number of epoxide rings is 1. The smallest absolute Gasteiger partial charge is 0.0924 e. The lowest BCUT2D eigenvalue weighted by atomic mass is 10.1. The van der Waals surface area contributed by atoms with Crippen LogP contribution in [0.2, 0.25) is 0 Å². The van der Waals surface area contributed by atoms with Crippen molar-refractivity contribution in [1.82, 2.24) is 0 Å². The highest BCUT2D eigenvalue weighted by atomic mass is 32.2. The first-order chi connectivity index (χ1) is 7.83. The maximum absolute atomic E-state index is 11.5. The molecule has 1 fully saturated rings. The Morgan fingerprint density at radius 2 is 1.62 bits per heavy atom. The lowest BCUT2D eigenvalue weighted by molar-refractivity contribution is 0.424. The van der Waals surface area contributed by atoms with Gasteiger partial charge in [0.05, 0.1) is 18.5 Å². The molecule has 0 amide bonds. The molecule has 16 heavy (non-hydrogen) atoms. The summed E-state index contributed by atoms with van der Waals surface area (Å²) in [5.41, 5.74) is 0. The predicted octanol–water partition coefficient (Wildman–Crippen LogP) is 3.27. The van der Waals surface area contributed by atoms with Crippen molar-refractivity contribution >= 4 is 10.8 Å². The third kappa shape index (κ3) is 8.28. The molecule has 3 heteroatoms. The van der Waals surface area contributed by atoms with Crippen LogP contribution < -0.4 is 0 Å². The molecule has 1 aliphatic heterocycles. The zero-order chi connectivity index (χ0) is 11.6. The third-order valence-electron chi connectivity index (χ3n) is 3.00. The monoisotopic (exact) mass is 246 g/mol. The Labute approximate surface area is 103 Å². The summed E-state index contributed by atoms with van der Waals surface area (Å²) >= 11 is 0. The van der Waals surface area contributed by atoms with Crippen LogP contribution in [0.15, 0.2) is 0 Å². The van der Waals surface area contributed by atoms with Crippen molar-refractivity contribution < 1.29 is 8.95 Å². The van der Waals surface area contributed by atoms with Crippen LogP contribution in [0.3, 0.4) is 0 Å². The van der Waals surface area contributed by atoms with Gasteiger partial charge in [0.25, 0.3) is 0 Å². The van der Waals surface area contributed by atoms with Gasteiger partial charge in [0, 0.05) is 16.6 Å². The first-order valence-electron chi connectivity index (χ1n) is 6.79. The van der Waals surface area contributed by atoms with Crippen molar-refractivity contribution in [3.63, 3.8) is 0 Å². The lowest BCUT2D eigenvalue weighted by Gasteiger charge is -2.01. The fraction of sp³-hybridized carbons (Fsp3) is 1.00. The third-order valence-corrected chi connectivity index (χ3v) is 4.49. The van der Waals surface area contributed by atoms with Gasteiger partial charge >= 0.3 is 0 Å². The zero-order valence-corrected chi connectivity index (χ0v) is 11.4. The molecule has 1 rings (SSSR count). The normalized spacial score (nSPS) is 20.9. The van der Waals surface area contributed by atoms with Crippen LogP contribution in [0.1, 0.15) is 58.3 Å². The van der Waals surface area contributed by atoms with Crippen LogP contribution in [0.5, 0.6) is 0 Å². The minimum absolute atomic E-state index is 0.329. The summed E-state index contributed by atoms with van der Waals surface area (Å²) in [6.45, 7) is 3.09. The highest BCUT2D eigenvalue weighted by Gasteiger charge is 2.24. The molecule has 0 saturated carbocycles. The van der Waals surface area contributed by atoms with Gasteiger partial charge in [0.1, 0.15) is 0 Å². The Kier molecular flexibility index (Phi) is 8.12. The average Bonchev–Trinajstić information content (AvgIpc) is 3.06. The molecule has 0 N–H and O–H groups in total. The SMILES string of the molecule is CCCCCCCCCCS(=O)CC1CO1. The van der Waals surface area contributed by atoms with E-state index in [1.54, 1.807) is 0 Å². The van der Waals surface area contributed by atoms with Crippen LogP contribution >= 0.6 is 0 Å². The second-order valence-corrected chi connectivity index (χ2v) is 6.36. The number of unbranched alkanes of at least 4 members (excludes halogenated alkanes) is 7. The van der Waals surface area contributed by atoms with Gasteiger partial charge < -0.3 is 4.74 Å². The quantitative estimate of drug-likeness (QED) is 0.413. The molecule has 0 aromatic heterocycles. The molecule has 0 aliphatic carbocycles. The summed E-state index contributed by atoms with van der Waals surface area (Å²) in [7, 11) is -0.623. The Bertz CT molecular complexity index is 190. The fourth-order valence-corrected chi connectivity index (χ4v) is 3.15. The van der Waals surface area contributed by atoms with E-state index in [2.05, 4.69) is 6.92 Å². The van der Waals surface area contributed by atoms with E-state index in [9.17, 15) is 4.21 Å². The van der Waals surface area contributed by atoms with E-state index in [4.69, 9.17) is 4.74 Å². The van der Waals surface area contributed by atoms with Crippen molar-refractivity contribution in [2.75, 3.05) is 18.1 Å². The molecule has 0 radical (unpaired) electrons. The molecule has 2 unspecified atom stereocenters. The van der Waals surface area contributed by atoms with Gasteiger partial charge in [-0.1, -0.05) is 51.9 Å². The van der Waals surface area contributed by atoms with Gasteiger partial charge in [0.2, 0.25) is 0 Å². The van der Waals surface area contributed by atoms with E-state index in [-0.39, 0.29) is 0 Å². The van der Waals surface area contributed by atoms with Gasteiger partial charge in [-0.25, -0.2) is 0 Å². The van der Waals surface area contributed by atoms with Gasteiger partial charge in [-0.05, 0) is 6.42 Å². The average molecular weight is 246 g/mol. The molecular weight excluding hydrogens is 220 g/mol. The van der Waals surface area contributed by atoms with Crippen molar-refractivity contribution in [2.45, 2.75) is 64.4 Å². The number of rotatable bonds is 11. The number of hydrogen-bond donors (Lipinski definition) is 0. The first kappa shape index (κ1) is 14.2. The van der Waals surface area contributed by atoms with E-state index < -0.39 is 10.8 Å². The van der Waals surface area contributed by atoms with E-state index in [0.29, 0.717) is 6.10 Å². The largest absolute Gasteiger partial charge is 0.372 e. The zero-order valence-electron chi connectivity index (χ0n) is 10.6. The Hall–Kier alpha value is 0.110. The van der Waals surface area contributed by atoms with Crippen LogP contribution in [-0.2, 0) is 15.5 Å². The molecule has 0 aromatic rings. The lowest BCUT2D eigenvalue weighted by Crippen LogP contribution is -2.07. The number of hydrogen-bond acceptors (Lipinski definition) is 2. The molecule has 1 saturated heterocycles. The molecule has 0 spiro atoms. The van der Waals surface area contributed by atoms with Gasteiger partial charge in [-0.15, -0.1) is 0 Å². The maximum atomic E-state index is 11.5. The molecule has 0 bridgehead atoms. The highest BCUT2D eigenvalue weighted by Crippen LogP contribution is 2.12. The van der Waals surface area contributed by atoms with Crippen molar-refractivity contribution in [1.29, 1.82) is 0 Å². The summed E-state index contributed by atoms with van der Waals surface area (Å²) in [5.74, 6) is 1.66. The fourth-order valence-electron chi connectivity index (χ4n) is 1.85. The van der Waals surface area contributed by atoms with Crippen LogP contribution in [0, 0.1) is 0 Å². The van der Waals surface area contributed by atoms with E-state index in [0.717, 1.165) is 24.5 Å². The van der Waals surface area contributed by atoms with Crippen LogP contribution in [-0.4, -0.2) is 28.4 Å². The maximum Gasteiger partial charge on any atom is 0.0924 e. The van der Waals surface area contributed by atoms with Gasteiger partial charge in [-0.2, -0.15) is 0 Å². The Balaban J connectivity index is 1.75. The van der Waals surface area contributed by atoms with E-state index in [1.165, 1.54) is 44.9 Å². The topological polar surface area (TPSA) is 29.6 Å². The molecular formula is C13H26O2S. The Morgan fingerprint density at radius 1 is 1.06 bits per heavy atom. The van der Waals surface area contributed by atoms with Crippen LogP contribution in [0.4, 0.5) is 0 Å². The summed E-state index contributed by atoms with van der Waals surface area (Å²) in [6.07, 6.45) is 10.9. The second kappa shape index (κ2) is 9.17.